The van der Waals surface area contributed by atoms with Gasteiger partial charge in [-0.1, -0.05) is 5.16 Å². The second kappa shape index (κ2) is 5.81. The molecule has 0 aromatic carbocycles. The lowest BCUT2D eigenvalue weighted by atomic mass is 9.95. The molecule has 0 bridgehead atoms. The van der Waals surface area contributed by atoms with Crippen LogP contribution in [0.3, 0.4) is 0 Å². The highest BCUT2D eigenvalue weighted by Gasteiger charge is 2.19. The molecule has 0 unspecified atom stereocenters. The van der Waals surface area contributed by atoms with Crippen molar-refractivity contribution in [2.24, 2.45) is 10.9 Å². The lowest BCUT2D eigenvalue weighted by Gasteiger charge is -2.18. The Hall–Kier alpha value is -1.92. The van der Waals surface area contributed by atoms with Crippen molar-refractivity contribution in [2.75, 3.05) is 6.61 Å². The number of aromatic nitrogens is 1. The van der Waals surface area contributed by atoms with E-state index in [0.29, 0.717) is 0 Å². The largest absolute Gasteiger partial charge is 0.471 e. The van der Waals surface area contributed by atoms with Gasteiger partial charge in [-0.2, -0.15) is 0 Å². The predicted molar refractivity (Wildman–Crippen MR) is 64.9 cm³/mol. The fraction of sp³-hybridized carbons (Fsp3) is 0.500. The van der Waals surface area contributed by atoms with Crippen molar-refractivity contribution in [3.63, 3.8) is 0 Å². The third-order valence-electron chi connectivity index (χ3n) is 3.00. The van der Waals surface area contributed by atoms with Crippen LogP contribution >= 0.6 is 0 Å². The average molecular weight is 271 g/mol. The molecule has 7 heteroatoms. The first-order valence-electron chi connectivity index (χ1n) is 6.03. The molecule has 0 saturated heterocycles. The van der Waals surface area contributed by atoms with Crippen LogP contribution in [0, 0.1) is 0 Å². The third-order valence-corrected chi connectivity index (χ3v) is 3.00. The zero-order valence-corrected chi connectivity index (χ0v) is 10.3. The minimum atomic E-state index is -2.60. The highest BCUT2D eigenvalue weighted by molar-refractivity contribution is 5.99. The van der Waals surface area contributed by atoms with E-state index in [1.807, 2.05) is 0 Å². The molecule has 0 fully saturated rings. The van der Waals surface area contributed by atoms with Gasteiger partial charge in [0, 0.05) is 5.69 Å². The Balaban J connectivity index is 2.37. The molecule has 0 radical (unpaired) electrons. The maximum absolute atomic E-state index is 12.2. The van der Waals surface area contributed by atoms with Gasteiger partial charge in [-0.15, -0.1) is 0 Å². The lowest BCUT2D eigenvalue weighted by molar-refractivity contribution is 0.0793. The molecule has 0 atom stereocenters. The first-order chi connectivity index (χ1) is 9.11. The smallest absolute Gasteiger partial charge is 0.272 e. The predicted octanol–water partition coefficient (Wildman–Crippen LogP) is 1.70. The summed E-state index contributed by atoms with van der Waals surface area (Å²) in [5.74, 6) is -0.193. The quantitative estimate of drug-likeness (QED) is 0.378. The Labute approximate surface area is 109 Å². The van der Waals surface area contributed by atoms with Crippen molar-refractivity contribution < 1.29 is 18.7 Å². The number of amidine groups is 1. The van der Waals surface area contributed by atoms with Crippen LogP contribution in [0.4, 0.5) is 8.78 Å². The van der Waals surface area contributed by atoms with Crippen molar-refractivity contribution in [3.8, 4) is 5.88 Å². The van der Waals surface area contributed by atoms with E-state index < -0.39 is 13.0 Å². The van der Waals surface area contributed by atoms with Crippen LogP contribution < -0.4 is 10.5 Å². The van der Waals surface area contributed by atoms with Crippen molar-refractivity contribution in [1.82, 2.24) is 4.98 Å². The Morgan fingerprint density at radius 1 is 1.47 bits per heavy atom. The van der Waals surface area contributed by atoms with Gasteiger partial charge in [0.05, 0.1) is 5.56 Å². The molecule has 19 heavy (non-hydrogen) atoms. The topological polar surface area (TPSA) is 80.7 Å². The first kappa shape index (κ1) is 13.5. The standard InChI is InChI=1S/C12H15F2N3O2/c13-10(14)6-19-12-8(11(15)17-18)5-7-3-1-2-4-9(7)16-12/h5,10,18H,1-4,6H2,(H2,15,17). The maximum atomic E-state index is 12.2. The number of hydrogen-bond acceptors (Lipinski definition) is 4. The van der Waals surface area contributed by atoms with Crippen molar-refractivity contribution in [1.29, 1.82) is 0 Å². The molecule has 1 aromatic heterocycles. The number of rotatable bonds is 4. The molecule has 3 N–H and O–H groups in total. The van der Waals surface area contributed by atoms with Crippen LogP contribution in [-0.2, 0) is 12.8 Å². The number of pyridine rings is 1. The van der Waals surface area contributed by atoms with Gasteiger partial charge >= 0.3 is 0 Å². The van der Waals surface area contributed by atoms with Crippen molar-refractivity contribution in [2.45, 2.75) is 32.1 Å². The Morgan fingerprint density at radius 2 is 2.21 bits per heavy atom. The Kier molecular flexibility index (Phi) is 4.13. The van der Waals surface area contributed by atoms with Gasteiger partial charge in [-0.25, -0.2) is 13.8 Å². The molecule has 1 aliphatic carbocycles. The molecular formula is C12H15F2N3O2. The summed E-state index contributed by atoms with van der Waals surface area (Å²) in [7, 11) is 0. The minimum Gasteiger partial charge on any atom is -0.471 e. The summed E-state index contributed by atoms with van der Waals surface area (Å²) < 4.78 is 29.4. The van der Waals surface area contributed by atoms with Crippen molar-refractivity contribution in [3.05, 3.63) is 22.9 Å². The van der Waals surface area contributed by atoms with Gasteiger partial charge in [-0.05, 0) is 37.3 Å². The number of ether oxygens (including phenoxy) is 1. The van der Waals surface area contributed by atoms with Gasteiger partial charge < -0.3 is 15.7 Å². The normalized spacial score (nSPS) is 15.4. The number of aryl methyl sites for hydroxylation is 2. The van der Waals surface area contributed by atoms with Crippen LogP contribution in [0.2, 0.25) is 0 Å². The number of fused-ring (bicyclic) bond motifs is 1. The van der Waals surface area contributed by atoms with E-state index in [2.05, 4.69) is 10.1 Å². The highest BCUT2D eigenvalue weighted by Crippen LogP contribution is 2.26. The summed E-state index contributed by atoms with van der Waals surface area (Å²) >= 11 is 0. The summed E-state index contributed by atoms with van der Waals surface area (Å²) in [4.78, 5) is 4.23. The Bertz CT molecular complexity index is 492. The number of halogens is 2. The molecule has 0 spiro atoms. The van der Waals surface area contributed by atoms with E-state index in [1.165, 1.54) is 0 Å². The molecule has 104 valence electrons. The second-order valence-corrected chi connectivity index (χ2v) is 4.34. The number of hydrogen-bond donors (Lipinski definition) is 2. The summed E-state index contributed by atoms with van der Waals surface area (Å²) in [5, 5.41) is 11.6. The minimum absolute atomic E-state index is 0.00347. The number of nitrogens with zero attached hydrogens (tertiary/aromatic N) is 2. The van der Waals surface area contributed by atoms with Gasteiger partial charge in [0.1, 0.15) is 0 Å². The molecule has 0 aliphatic heterocycles. The molecule has 2 rings (SSSR count). The highest BCUT2D eigenvalue weighted by atomic mass is 19.3. The Morgan fingerprint density at radius 3 is 2.89 bits per heavy atom. The van der Waals surface area contributed by atoms with Crippen LogP contribution in [-0.4, -0.2) is 29.1 Å². The summed E-state index contributed by atoms with van der Waals surface area (Å²) in [5.41, 5.74) is 7.62. The molecule has 1 aliphatic rings. The van der Waals surface area contributed by atoms with E-state index in [9.17, 15) is 8.78 Å². The second-order valence-electron chi connectivity index (χ2n) is 4.34. The summed E-state index contributed by atoms with van der Waals surface area (Å²) in [6, 6.07) is 1.71. The lowest BCUT2D eigenvalue weighted by Crippen LogP contribution is -2.20. The van der Waals surface area contributed by atoms with Crippen LogP contribution in [0.15, 0.2) is 11.2 Å². The molecule has 1 aromatic rings. The maximum Gasteiger partial charge on any atom is 0.272 e. The first-order valence-corrected chi connectivity index (χ1v) is 6.03. The van der Waals surface area contributed by atoms with Crippen molar-refractivity contribution >= 4 is 5.84 Å². The van der Waals surface area contributed by atoms with Crippen LogP contribution in [0.1, 0.15) is 29.7 Å². The number of alkyl halides is 2. The molecule has 0 saturated carbocycles. The van der Waals surface area contributed by atoms with E-state index in [0.717, 1.165) is 36.9 Å². The zero-order chi connectivity index (χ0) is 13.8. The van der Waals surface area contributed by atoms with Crippen LogP contribution in [0.25, 0.3) is 0 Å². The zero-order valence-electron chi connectivity index (χ0n) is 10.3. The summed E-state index contributed by atoms with van der Waals surface area (Å²) in [6.07, 6.45) is 1.09. The molecule has 1 heterocycles. The fourth-order valence-corrected chi connectivity index (χ4v) is 2.10. The summed E-state index contributed by atoms with van der Waals surface area (Å²) in [6.45, 7) is -0.766. The van der Waals surface area contributed by atoms with E-state index >= 15 is 0 Å². The van der Waals surface area contributed by atoms with E-state index in [-0.39, 0.29) is 17.3 Å². The van der Waals surface area contributed by atoms with Gasteiger partial charge in [-0.3, -0.25) is 0 Å². The van der Waals surface area contributed by atoms with E-state index in [4.69, 9.17) is 15.7 Å². The third kappa shape index (κ3) is 3.10. The number of oxime groups is 1. The monoisotopic (exact) mass is 271 g/mol. The fourth-order valence-electron chi connectivity index (χ4n) is 2.10. The molecular weight excluding hydrogens is 256 g/mol. The SMILES string of the molecule is N/C(=N/O)c1cc2c(nc1OCC(F)F)CCCC2. The van der Waals surface area contributed by atoms with Gasteiger partial charge in [0.25, 0.3) is 6.43 Å². The van der Waals surface area contributed by atoms with Crippen LogP contribution in [0.5, 0.6) is 5.88 Å². The number of nitrogens with two attached hydrogens (primary N) is 1. The van der Waals surface area contributed by atoms with Gasteiger partial charge in [0.2, 0.25) is 5.88 Å². The molecule has 5 nitrogen and oxygen atoms in total. The molecule has 0 amide bonds. The van der Waals surface area contributed by atoms with E-state index in [1.54, 1.807) is 6.07 Å². The average Bonchev–Trinajstić information content (AvgIpc) is 2.43. The van der Waals surface area contributed by atoms with Gasteiger partial charge in [0.15, 0.2) is 12.4 Å².